The highest BCUT2D eigenvalue weighted by Crippen LogP contribution is 2.73. The molecule has 1 aromatic carbocycles. The molecule has 4 aliphatic rings. The summed E-state index contributed by atoms with van der Waals surface area (Å²) in [5, 5.41) is -0.0123. The number of nitrogens with zero attached hydrogens (tertiary/aromatic N) is 1. The zero-order valence-electron chi connectivity index (χ0n) is 11.6. The summed E-state index contributed by atoms with van der Waals surface area (Å²) in [6.45, 7) is 0. The number of benzene rings is 1. The molecule has 4 atom stereocenters. The maximum absolute atomic E-state index is 13.7. The summed E-state index contributed by atoms with van der Waals surface area (Å²) in [5.74, 6) is -1.13. The Bertz CT molecular complexity index is 736. The molecule has 0 aromatic heterocycles. The van der Waals surface area contributed by atoms with Crippen LogP contribution in [0.4, 0.5) is 10.1 Å². The van der Waals surface area contributed by atoms with Gasteiger partial charge in [0.1, 0.15) is 5.82 Å². The largest absolute Gasteiger partial charge is 0.274 e. The van der Waals surface area contributed by atoms with E-state index in [1.807, 2.05) is 0 Å². The fourth-order valence-corrected chi connectivity index (χ4v) is 5.07. The van der Waals surface area contributed by atoms with Crippen LogP contribution in [0, 0.1) is 34.9 Å². The molecule has 2 bridgehead atoms. The van der Waals surface area contributed by atoms with Gasteiger partial charge in [0.2, 0.25) is 11.8 Å². The lowest BCUT2D eigenvalue weighted by Crippen LogP contribution is -2.34. The van der Waals surface area contributed by atoms with Gasteiger partial charge in [-0.15, -0.1) is 0 Å². The van der Waals surface area contributed by atoms with Gasteiger partial charge in [0.15, 0.2) is 0 Å². The van der Waals surface area contributed by atoms with E-state index in [0.717, 1.165) is 17.7 Å². The van der Waals surface area contributed by atoms with E-state index in [4.69, 9.17) is 11.6 Å². The van der Waals surface area contributed by atoms with Crippen LogP contribution in [-0.2, 0) is 9.59 Å². The molecule has 5 heteroatoms. The van der Waals surface area contributed by atoms with Crippen LogP contribution in [-0.4, -0.2) is 11.8 Å². The van der Waals surface area contributed by atoms with Crippen molar-refractivity contribution in [2.45, 2.75) is 12.8 Å². The van der Waals surface area contributed by atoms with Gasteiger partial charge in [-0.2, -0.15) is 0 Å². The molecule has 3 aliphatic carbocycles. The van der Waals surface area contributed by atoms with Crippen LogP contribution in [0.2, 0.25) is 5.02 Å². The third-order valence-electron chi connectivity index (χ3n) is 6.01. The Labute approximate surface area is 131 Å². The normalized spacial score (nSPS) is 36.5. The van der Waals surface area contributed by atoms with Crippen molar-refractivity contribution in [3.63, 3.8) is 0 Å². The molecule has 0 N–H and O–H groups in total. The molecule has 2 saturated carbocycles. The number of carbonyl (C=O) groups is 2. The third-order valence-corrected chi connectivity index (χ3v) is 6.32. The first-order valence-corrected chi connectivity index (χ1v) is 7.93. The number of fused-ring (bicyclic) bond motifs is 3. The summed E-state index contributed by atoms with van der Waals surface area (Å²) in [6, 6.07) is 4.09. The number of rotatable bonds is 1. The van der Waals surface area contributed by atoms with Gasteiger partial charge in [-0.1, -0.05) is 23.8 Å². The lowest BCUT2D eigenvalue weighted by molar-refractivity contribution is -0.123. The lowest BCUT2D eigenvalue weighted by atomic mass is 9.85. The molecule has 1 aliphatic heterocycles. The van der Waals surface area contributed by atoms with Crippen molar-refractivity contribution in [3.8, 4) is 0 Å². The van der Waals surface area contributed by atoms with Gasteiger partial charge in [-0.25, -0.2) is 9.29 Å². The van der Waals surface area contributed by atoms with Gasteiger partial charge < -0.3 is 0 Å². The zero-order chi connectivity index (χ0) is 15.2. The smallest absolute Gasteiger partial charge is 0.238 e. The molecule has 0 radical (unpaired) electrons. The highest BCUT2D eigenvalue weighted by molar-refractivity contribution is 6.31. The van der Waals surface area contributed by atoms with Crippen molar-refractivity contribution in [1.82, 2.24) is 0 Å². The van der Waals surface area contributed by atoms with Crippen molar-refractivity contribution >= 4 is 29.1 Å². The zero-order valence-corrected chi connectivity index (χ0v) is 12.4. The number of anilines is 1. The van der Waals surface area contributed by atoms with Gasteiger partial charge in [-0.3, -0.25) is 9.59 Å². The summed E-state index contributed by atoms with van der Waals surface area (Å²) < 4.78 is 13.7. The fraction of sp³-hybridized carbons (Fsp3) is 0.412. The van der Waals surface area contributed by atoms with Crippen LogP contribution in [0.15, 0.2) is 30.4 Å². The monoisotopic (exact) mass is 317 g/mol. The maximum Gasteiger partial charge on any atom is 0.238 e. The average Bonchev–Trinajstić information content (AvgIpc) is 3.08. The maximum atomic E-state index is 13.7. The Balaban J connectivity index is 1.57. The summed E-state index contributed by atoms with van der Waals surface area (Å²) in [5.41, 5.74) is 0.466. The summed E-state index contributed by atoms with van der Waals surface area (Å²) >= 11 is 5.68. The third kappa shape index (κ3) is 1.29. The second kappa shape index (κ2) is 3.80. The Morgan fingerprint density at radius 3 is 2.18 bits per heavy atom. The Kier molecular flexibility index (Phi) is 2.21. The Morgan fingerprint density at radius 1 is 1.09 bits per heavy atom. The van der Waals surface area contributed by atoms with Gasteiger partial charge >= 0.3 is 0 Å². The molecule has 1 aromatic rings. The molecule has 3 nitrogen and oxygen atoms in total. The van der Waals surface area contributed by atoms with E-state index >= 15 is 0 Å². The van der Waals surface area contributed by atoms with E-state index < -0.39 is 5.82 Å². The SMILES string of the molecule is O=C1[C@@H]2[C@H](C(=O)N1c1ccc(Cl)c(F)c1)[C@@H]1C=C[C@@H]2C12CC2. The minimum Gasteiger partial charge on any atom is -0.274 e. The van der Waals surface area contributed by atoms with Gasteiger partial charge in [0.05, 0.1) is 22.5 Å². The van der Waals surface area contributed by atoms with E-state index in [9.17, 15) is 14.0 Å². The Morgan fingerprint density at radius 2 is 1.68 bits per heavy atom. The number of imide groups is 1. The van der Waals surface area contributed by atoms with Crippen molar-refractivity contribution < 1.29 is 14.0 Å². The molecular weight excluding hydrogens is 305 g/mol. The number of amides is 2. The highest BCUT2D eigenvalue weighted by Gasteiger charge is 2.73. The molecule has 3 fully saturated rings. The molecule has 0 unspecified atom stereocenters. The van der Waals surface area contributed by atoms with Crippen LogP contribution in [0.25, 0.3) is 0 Å². The molecule has 22 heavy (non-hydrogen) atoms. The van der Waals surface area contributed by atoms with E-state index in [1.54, 1.807) is 0 Å². The van der Waals surface area contributed by atoms with Crippen LogP contribution in [0.5, 0.6) is 0 Å². The summed E-state index contributed by atoms with van der Waals surface area (Å²) in [7, 11) is 0. The predicted octanol–water partition coefficient (Wildman–Crippen LogP) is 3.18. The molecule has 1 saturated heterocycles. The first-order chi connectivity index (χ1) is 10.5. The van der Waals surface area contributed by atoms with E-state index in [-0.39, 0.29) is 51.6 Å². The molecule has 1 spiro atoms. The Hall–Kier alpha value is -1.68. The second-order valence-electron chi connectivity index (χ2n) is 6.83. The van der Waals surface area contributed by atoms with Crippen molar-refractivity contribution in [2.24, 2.45) is 29.1 Å². The highest BCUT2D eigenvalue weighted by atomic mass is 35.5. The first kappa shape index (κ1) is 12.8. The van der Waals surface area contributed by atoms with Gasteiger partial charge in [-0.05, 0) is 48.3 Å². The molecule has 1 heterocycles. The second-order valence-corrected chi connectivity index (χ2v) is 7.24. The lowest BCUT2D eigenvalue weighted by Gasteiger charge is -2.21. The minimum absolute atomic E-state index is 0.0123. The molecule has 5 rings (SSSR count). The van der Waals surface area contributed by atoms with E-state index in [2.05, 4.69) is 12.2 Å². The number of carbonyl (C=O) groups excluding carboxylic acids is 2. The van der Waals surface area contributed by atoms with Crippen molar-refractivity contribution in [2.75, 3.05) is 4.90 Å². The fourth-order valence-electron chi connectivity index (χ4n) is 4.96. The minimum atomic E-state index is -0.614. The number of hydrogen-bond acceptors (Lipinski definition) is 2. The van der Waals surface area contributed by atoms with Crippen molar-refractivity contribution in [3.05, 3.63) is 41.2 Å². The summed E-state index contributed by atoms with van der Waals surface area (Å²) in [6.07, 6.45) is 6.46. The molecule has 112 valence electrons. The predicted molar refractivity (Wildman–Crippen MR) is 78.7 cm³/mol. The number of hydrogen-bond donors (Lipinski definition) is 0. The van der Waals surface area contributed by atoms with Crippen LogP contribution in [0.3, 0.4) is 0 Å². The van der Waals surface area contributed by atoms with Gasteiger partial charge in [0, 0.05) is 0 Å². The van der Waals surface area contributed by atoms with E-state index in [0.29, 0.717) is 0 Å². The average molecular weight is 318 g/mol. The van der Waals surface area contributed by atoms with Gasteiger partial charge in [0.25, 0.3) is 0 Å². The van der Waals surface area contributed by atoms with Crippen LogP contribution < -0.4 is 4.90 Å². The van der Waals surface area contributed by atoms with Crippen LogP contribution >= 0.6 is 11.6 Å². The molecule has 2 amide bonds. The van der Waals surface area contributed by atoms with Crippen LogP contribution in [0.1, 0.15) is 12.8 Å². The topological polar surface area (TPSA) is 37.4 Å². The number of halogens is 2. The first-order valence-electron chi connectivity index (χ1n) is 7.56. The standard InChI is InChI=1S/C17H13ClFNO2/c18-11-4-1-8(7-12(11)19)20-15(21)13-9-2-3-10(14(13)16(20)22)17(9)5-6-17/h1-4,7,9-10,13-14H,5-6H2/t9-,10-,13-,14+/m0/s1. The van der Waals surface area contributed by atoms with E-state index in [1.165, 1.54) is 18.2 Å². The quantitative estimate of drug-likeness (QED) is 0.589. The summed E-state index contributed by atoms with van der Waals surface area (Å²) in [4.78, 5) is 26.8. The number of allylic oxidation sites excluding steroid dienone is 2. The van der Waals surface area contributed by atoms with Crippen molar-refractivity contribution in [1.29, 1.82) is 0 Å². The molecular formula is C17H13ClFNO2.